The number of nitrogens with one attached hydrogen (secondary N) is 1. The summed E-state index contributed by atoms with van der Waals surface area (Å²) in [5.74, 6) is 1.30. The number of anilines is 1. The first-order chi connectivity index (χ1) is 8.35. The van der Waals surface area contributed by atoms with E-state index in [2.05, 4.69) is 20.5 Å². The van der Waals surface area contributed by atoms with Gasteiger partial charge in [0.15, 0.2) is 0 Å². The van der Waals surface area contributed by atoms with Crippen LogP contribution < -0.4 is 10.1 Å². The van der Waals surface area contributed by atoms with Gasteiger partial charge in [-0.1, -0.05) is 17.2 Å². The maximum atomic E-state index is 5.18. The Bertz CT molecular complexity index is 691. The summed E-state index contributed by atoms with van der Waals surface area (Å²) in [7, 11) is 3.40. The normalized spacial score (nSPS) is 10.9. The summed E-state index contributed by atoms with van der Waals surface area (Å²) in [5.41, 5.74) is 0.962. The number of ether oxygens (including phenoxy) is 1. The maximum Gasteiger partial charge on any atom is 0.323 e. The van der Waals surface area contributed by atoms with Crippen molar-refractivity contribution < 1.29 is 4.74 Å². The van der Waals surface area contributed by atoms with Crippen LogP contribution in [0.2, 0.25) is 0 Å². The van der Waals surface area contributed by atoms with E-state index < -0.39 is 0 Å². The van der Waals surface area contributed by atoms with Gasteiger partial charge in [0.1, 0.15) is 5.82 Å². The lowest BCUT2D eigenvalue weighted by molar-refractivity contribution is 0.377. The van der Waals surface area contributed by atoms with Crippen molar-refractivity contribution in [3.63, 3.8) is 0 Å². The summed E-state index contributed by atoms with van der Waals surface area (Å²) in [6, 6.07) is 8.34. The molecule has 1 aromatic carbocycles. The van der Waals surface area contributed by atoms with Crippen molar-refractivity contribution in [2.45, 2.75) is 0 Å². The molecule has 17 heavy (non-hydrogen) atoms. The molecule has 0 amide bonds. The molecule has 1 N–H and O–H groups in total. The molecule has 6 heteroatoms. The van der Waals surface area contributed by atoms with Gasteiger partial charge < -0.3 is 10.1 Å². The second kappa shape index (κ2) is 3.58. The van der Waals surface area contributed by atoms with Crippen LogP contribution in [0.5, 0.6) is 6.01 Å². The molecule has 0 saturated heterocycles. The van der Waals surface area contributed by atoms with Gasteiger partial charge >= 0.3 is 6.01 Å². The predicted octanol–water partition coefficient (Wildman–Crippen LogP) is 1.33. The van der Waals surface area contributed by atoms with Crippen molar-refractivity contribution in [3.05, 3.63) is 24.3 Å². The van der Waals surface area contributed by atoms with E-state index in [4.69, 9.17) is 4.74 Å². The minimum Gasteiger partial charge on any atom is -0.467 e. The van der Waals surface area contributed by atoms with E-state index in [0.29, 0.717) is 11.8 Å². The number of hydrogen-bond donors (Lipinski definition) is 1. The molecule has 0 fully saturated rings. The number of para-hydroxylation sites is 1. The zero-order valence-electron chi connectivity index (χ0n) is 9.51. The van der Waals surface area contributed by atoms with Gasteiger partial charge in [-0.3, -0.25) is 0 Å². The average molecular weight is 229 g/mol. The number of rotatable bonds is 2. The van der Waals surface area contributed by atoms with Crippen molar-refractivity contribution in [1.82, 2.24) is 19.6 Å². The largest absolute Gasteiger partial charge is 0.467 e. The fourth-order valence-electron chi connectivity index (χ4n) is 1.90. The van der Waals surface area contributed by atoms with E-state index in [1.165, 1.54) is 0 Å². The number of hydrogen-bond acceptors (Lipinski definition) is 5. The SMILES string of the molecule is CNc1nc2nnc(OC)n2c2ccccc12. The van der Waals surface area contributed by atoms with Crippen molar-refractivity contribution in [2.75, 3.05) is 19.5 Å². The lowest BCUT2D eigenvalue weighted by Gasteiger charge is -2.07. The first kappa shape index (κ1) is 9.83. The quantitative estimate of drug-likeness (QED) is 0.718. The number of benzene rings is 1. The van der Waals surface area contributed by atoms with E-state index in [1.54, 1.807) is 11.5 Å². The zero-order valence-corrected chi connectivity index (χ0v) is 9.51. The van der Waals surface area contributed by atoms with Crippen LogP contribution in [0.3, 0.4) is 0 Å². The minimum absolute atomic E-state index is 0.436. The van der Waals surface area contributed by atoms with Crippen LogP contribution in [0.25, 0.3) is 16.7 Å². The molecule has 0 saturated carbocycles. The molecule has 6 nitrogen and oxygen atoms in total. The monoisotopic (exact) mass is 229 g/mol. The van der Waals surface area contributed by atoms with Crippen LogP contribution in [0.1, 0.15) is 0 Å². The van der Waals surface area contributed by atoms with Gasteiger partial charge in [-0.2, -0.15) is 4.98 Å². The Morgan fingerprint density at radius 3 is 2.82 bits per heavy atom. The number of methoxy groups -OCH3 is 1. The molecule has 0 unspecified atom stereocenters. The Morgan fingerprint density at radius 2 is 2.06 bits per heavy atom. The van der Waals surface area contributed by atoms with Crippen LogP contribution in [0, 0.1) is 0 Å². The molecular formula is C11H11N5O. The van der Waals surface area contributed by atoms with Crippen LogP contribution in [-0.2, 0) is 0 Å². The highest BCUT2D eigenvalue weighted by Gasteiger charge is 2.12. The first-order valence-corrected chi connectivity index (χ1v) is 5.20. The Kier molecular flexibility index (Phi) is 2.07. The average Bonchev–Trinajstić information content (AvgIpc) is 2.80. The third kappa shape index (κ3) is 1.30. The van der Waals surface area contributed by atoms with Gasteiger partial charge in [0.25, 0.3) is 5.78 Å². The third-order valence-corrected chi connectivity index (χ3v) is 2.65. The second-order valence-corrected chi connectivity index (χ2v) is 3.55. The number of nitrogens with zero attached hydrogens (tertiary/aromatic N) is 4. The second-order valence-electron chi connectivity index (χ2n) is 3.55. The number of fused-ring (bicyclic) bond motifs is 3. The highest BCUT2D eigenvalue weighted by Crippen LogP contribution is 2.24. The summed E-state index contributed by atoms with van der Waals surface area (Å²) in [5, 5.41) is 12.0. The lowest BCUT2D eigenvalue weighted by Crippen LogP contribution is -2.00. The van der Waals surface area contributed by atoms with Crippen LogP contribution in [0.15, 0.2) is 24.3 Å². The molecule has 0 aliphatic heterocycles. The van der Waals surface area contributed by atoms with E-state index >= 15 is 0 Å². The Balaban J connectivity index is 2.54. The van der Waals surface area contributed by atoms with Gasteiger partial charge in [0.05, 0.1) is 12.6 Å². The highest BCUT2D eigenvalue weighted by atomic mass is 16.5. The van der Waals surface area contributed by atoms with Crippen LogP contribution in [0.4, 0.5) is 5.82 Å². The van der Waals surface area contributed by atoms with E-state index in [9.17, 15) is 0 Å². The van der Waals surface area contributed by atoms with Gasteiger partial charge in [-0.15, -0.1) is 5.10 Å². The Morgan fingerprint density at radius 1 is 1.24 bits per heavy atom. The summed E-state index contributed by atoms with van der Waals surface area (Å²) in [6.45, 7) is 0. The van der Waals surface area contributed by atoms with Gasteiger partial charge in [-0.05, 0) is 12.1 Å². The standard InChI is InChI=1S/C11H11N5O/c1-12-9-7-5-3-4-6-8(7)16-10(13-9)14-15-11(16)17-2/h3-6H,1-2H3,(H,12,13,14). The molecule has 86 valence electrons. The molecule has 0 radical (unpaired) electrons. The van der Waals surface area contributed by atoms with E-state index in [1.807, 2.05) is 31.3 Å². The topological polar surface area (TPSA) is 64.3 Å². The fraction of sp³-hybridized carbons (Fsp3) is 0.182. The molecule has 0 spiro atoms. The predicted molar refractivity (Wildman–Crippen MR) is 64.4 cm³/mol. The molecule has 0 aliphatic carbocycles. The van der Waals surface area contributed by atoms with Crippen molar-refractivity contribution >= 4 is 22.5 Å². The van der Waals surface area contributed by atoms with Crippen LogP contribution >= 0.6 is 0 Å². The lowest BCUT2D eigenvalue weighted by atomic mass is 10.2. The molecule has 2 heterocycles. The molecule has 0 aliphatic rings. The molecule has 3 rings (SSSR count). The Labute approximate surface area is 97.3 Å². The summed E-state index contributed by atoms with van der Waals surface area (Å²) < 4.78 is 6.97. The van der Waals surface area contributed by atoms with E-state index in [-0.39, 0.29) is 0 Å². The van der Waals surface area contributed by atoms with Gasteiger partial charge in [0.2, 0.25) is 0 Å². The first-order valence-electron chi connectivity index (χ1n) is 5.20. The highest BCUT2D eigenvalue weighted by molar-refractivity contribution is 5.91. The van der Waals surface area contributed by atoms with E-state index in [0.717, 1.165) is 16.7 Å². The third-order valence-electron chi connectivity index (χ3n) is 2.65. The van der Waals surface area contributed by atoms with Crippen molar-refractivity contribution in [2.24, 2.45) is 0 Å². The van der Waals surface area contributed by atoms with Crippen molar-refractivity contribution in [3.8, 4) is 6.01 Å². The zero-order chi connectivity index (χ0) is 11.8. The van der Waals surface area contributed by atoms with Gasteiger partial charge in [0, 0.05) is 12.4 Å². The van der Waals surface area contributed by atoms with Gasteiger partial charge in [-0.25, -0.2) is 4.40 Å². The minimum atomic E-state index is 0.436. The van der Waals surface area contributed by atoms with Crippen molar-refractivity contribution in [1.29, 1.82) is 0 Å². The number of aromatic nitrogens is 4. The van der Waals surface area contributed by atoms with Crippen LogP contribution in [-0.4, -0.2) is 33.7 Å². The molecule has 3 aromatic rings. The fourth-order valence-corrected chi connectivity index (χ4v) is 1.90. The Hall–Kier alpha value is -2.37. The molecule has 0 atom stereocenters. The molecule has 2 aromatic heterocycles. The summed E-state index contributed by atoms with van der Waals surface area (Å²) in [4.78, 5) is 4.39. The maximum absolute atomic E-state index is 5.18. The molecular weight excluding hydrogens is 218 g/mol. The molecule has 0 bridgehead atoms. The summed E-state index contributed by atoms with van der Waals surface area (Å²) >= 11 is 0. The summed E-state index contributed by atoms with van der Waals surface area (Å²) in [6.07, 6.45) is 0. The smallest absolute Gasteiger partial charge is 0.323 e.